The molecule has 148 valence electrons. The maximum absolute atomic E-state index is 12.7. The zero-order valence-corrected chi connectivity index (χ0v) is 15.5. The summed E-state index contributed by atoms with van der Waals surface area (Å²) in [5.41, 5.74) is 5.52. The molecule has 0 fully saturated rings. The molecule has 0 spiro atoms. The van der Waals surface area contributed by atoms with E-state index in [4.69, 9.17) is 10.5 Å². The third-order valence-corrected chi connectivity index (χ3v) is 5.22. The van der Waals surface area contributed by atoms with Crippen molar-refractivity contribution in [1.29, 1.82) is 0 Å². The molecule has 2 rings (SSSR count). The van der Waals surface area contributed by atoms with Gasteiger partial charge in [-0.2, -0.15) is 13.2 Å². The third-order valence-electron chi connectivity index (χ3n) is 3.77. The number of alkyl halides is 3. The number of sulfonamides is 1. The molecule has 2 aromatic carbocycles. The van der Waals surface area contributed by atoms with E-state index in [0.717, 1.165) is 23.8 Å². The van der Waals surface area contributed by atoms with Crippen molar-refractivity contribution >= 4 is 10.0 Å². The Bertz CT molecular complexity index is 870. The van der Waals surface area contributed by atoms with Crippen molar-refractivity contribution in [3.63, 3.8) is 0 Å². The first-order valence-electron chi connectivity index (χ1n) is 8.30. The predicted octanol–water partition coefficient (Wildman–Crippen LogP) is 3.30. The highest BCUT2D eigenvalue weighted by atomic mass is 32.2. The molecule has 27 heavy (non-hydrogen) atoms. The quantitative estimate of drug-likeness (QED) is 0.664. The maximum atomic E-state index is 12.7. The van der Waals surface area contributed by atoms with Gasteiger partial charge in [-0.05, 0) is 48.7 Å². The number of halogens is 3. The minimum atomic E-state index is -4.61. The number of nitrogens with two attached hydrogens (primary N) is 1. The Morgan fingerprint density at radius 2 is 1.85 bits per heavy atom. The number of benzene rings is 2. The molecule has 0 saturated heterocycles. The summed E-state index contributed by atoms with van der Waals surface area (Å²) in [5.74, 6) is 0.572. The first kappa shape index (κ1) is 21.2. The number of nitrogens with one attached hydrogen (secondary N) is 1. The smallest absolute Gasteiger partial charge is 0.416 e. The molecule has 5 nitrogen and oxygen atoms in total. The van der Waals surface area contributed by atoms with Crippen LogP contribution in [-0.2, 0) is 22.6 Å². The van der Waals surface area contributed by atoms with E-state index in [-0.39, 0.29) is 6.54 Å². The number of hydrogen-bond acceptors (Lipinski definition) is 4. The standard InChI is InChI=1S/C18H21F3N2O3S/c1-2-17(22)26-15-7-3-5-13(11-15)9-10-23-27(24,25)16-8-4-6-14(12-16)18(19,20)21/h3-8,11-12,17,23H,2,9-10,22H2,1H3. The molecule has 0 bridgehead atoms. The molecule has 3 N–H and O–H groups in total. The fourth-order valence-corrected chi connectivity index (χ4v) is 3.36. The Labute approximate surface area is 156 Å². The minimum absolute atomic E-state index is 0.0296. The van der Waals surface area contributed by atoms with Gasteiger partial charge in [-0.25, -0.2) is 13.1 Å². The molecule has 1 atom stereocenters. The molecule has 2 aromatic rings. The highest BCUT2D eigenvalue weighted by molar-refractivity contribution is 7.89. The van der Waals surface area contributed by atoms with E-state index in [1.54, 1.807) is 24.3 Å². The van der Waals surface area contributed by atoms with Crippen molar-refractivity contribution in [2.75, 3.05) is 6.54 Å². The molecule has 0 aliphatic carbocycles. The number of rotatable bonds is 8. The molecule has 0 aliphatic rings. The predicted molar refractivity (Wildman–Crippen MR) is 95.7 cm³/mol. The lowest BCUT2D eigenvalue weighted by Crippen LogP contribution is -2.26. The number of ether oxygens (including phenoxy) is 1. The minimum Gasteiger partial charge on any atom is -0.476 e. The van der Waals surface area contributed by atoms with Gasteiger partial charge in [-0.15, -0.1) is 0 Å². The van der Waals surface area contributed by atoms with Gasteiger partial charge >= 0.3 is 6.18 Å². The van der Waals surface area contributed by atoms with E-state index in [0.29, 0.717) is 24.7 Å². The zero-order chi connectivity index (χ0) is 20.1. The summed E-state index contributed by atoms with van der Waals surface area (Å²) in [6, 6.07) is 10.7. The van der Waals surface area contributed by atoms with Crippen molar-refractivity contribution in [2.24, 2.45) is 5.73 Å². The van der Waals surface area contributed by atoms with Crippen LogP contribution >= 0.6 is 0 Å². The Hall–Kier alpha value is -2.10. The van der Waals surface area contributed by atoms with E-state index in [1.165, 1.54) is 0 Å². The van der Waals surface area contributed by atoms with Gasteiger partial charge in [0.25, 0.3) is 0 Å². The number of hydrogen-bond donors (Lipinski definition) is 2. The van der Waals surface area contributed by atoms with Crippen molar-refractivity contribution in [3.05, 3.63) is 59.7 Å². The first-order chi connectivity index (χ1) is 12.6. The average Bonchev–Trinajstić information content (AvgIpc) is 2.61. The van der Waals surface area contributed by atoms with Crippen LogP contribution in [0.2, 0.25) is 0 Å². The summed E-state index contributed by atoms with van der Waals surface area (Å²) in [5, 5.41) is 0. The second kappa shape index (κ2) is 8.73. The Morgan fingerprint density at radius 1 is 1.15 bits per heavy atom. The molecule has 0 saturated carbocycles. The van der Waals surface area contributed by atoms with Crippen molar-refractivity contribution in [2.45, 2.75) is 37.1 Å². The van der Waals surface area contributed by atoms with Crippen LogP contribution in [-0.4, -0.2) is 21.2 Å². The SMILES string of the molecule is CCC(N)Oc1cccc(CCNS(=O)(=O)c2cccc(C(F)(F)F)c2)c1. The van der Waals surface area contributed by atoms with Crippen molar-refractivity contribution < 1.29 is 26.3 Å². The van der Waals surface area contributed by atoms with Gasteiger partial charge in [0.15, 0.2) is 0 Å². The fraction of sp³-hybridized carbons (Fsp3) is 0.333. The average molecular weight is 402 g/mol. The van der Waals surface area contributed by atoms with E-state index in [9.17, 15) is 21.6 Å². The van der Waals surface area contributed by atoms with E-state index in [2.05, 4.69) is 4.72 Å². The Morgan fingerprint density at radius 3 is 2.52 bits per heavy atom. The highest BCUT2D eigenvalue weighted by Crippen LogP contribution is 2.30. The fourth-order valence-electron chi connectivity index (χ4n) is 2.29. The molecule has 0 aromatic heterocycles. The van der Waals surface area contributed by atoms with Crippen molar-refractivity contribution in [3.8, 4) is 5.75 Å². The summed E-state index contributed by atoms with van der Waals surface area (Å²) in [6.07, 6.45) is -4.05. The molecule has 0 radical (unpaired) electrons. The lowest BCUT2D eigenvalue weighted by molar-refractivity contribution is -0.137. The maximum Gasteiger partial charge on any atom is 0.416 e. The van der Waals surface area contributed by atoms with Gasteiger partial charge in [-0.1, -0.05) is 25.1 Å². The molecular formula is C18H21F3N2O3S. The zero-order valence-electron chi connectivity index (χ0n) is 14.7. The largest absolute Gasteiger partial charge is 0.476 e. The summed E-state index contributed by atoms with van der Waals surface area (Å²) in [4.78, 5) is -0.427. The summed E-state index contributed by atoms with van der Waals surface area (Å²) in [6.45, 7) is 1.92. The van der Waals surface area contributed by atoms with E-state index >= 15 is 0 Å². The third kappa shape index (κ3) is 6.23. The Kier molecular flexibility index (Phi) is 6.85. The van der Waals surface area contributed by atoms with Crippen LogP contribution < -0.4 is 15.2 Å². The van der Waals surface area contributed by atoms with Gasteiger partial charge < -0.3 is 4.74 Å². The van der Waals surface area contributed by atoms with Crippen LogP contribution in [0.15, 0.2) is 53.4 Å². The van der Waals surface area contributed by atoms with E-state index < -0.39 is 32.9 Å². The van der Waals surface area contributed by atoms with Gasteiger partial charge in [-0.3, -0.25) is 5.73 Å². The second-order valence-electron chi connectivity index (χ2n) is 5.89. The van der Waals surface area contributed by atoms with Crippen LogP contribution in [0.1, 0.15) is 24.5 Å². The van der Waals surface area contributed by atoms with Crippen LogP contribution in [0.25, 0.3) is 0 Å². The van der Waals surface area contributed by atoms with Crippen LogP contribution in [0.5, 0.6) is 5.75 Å². The van der Waals surface area contributed by atoms with Crippen LogP contribution in [0, 0.1) is 0 Å². The molecule has 0 aliphatic heterocycles. The normalized spacial score (nSPS) is 13.4. The van der Waals surface area contributed by atoms with Crippen LogP contribution in [0.3, 0.4) is 0 Å². The van der Waals surface area contributed by atoms with Gasteiger partial charge in [0.05, 0.1) is 10.5 Å². The summed E-state index contributed by atoms with van der Waals surface area (Å²) in [7, 11) is -4.05. The monoisotopic (exact) mass is 402 g/mol. The lowest BCUT2D eigenvalue weighted by Gasteiger charge is -2.13. The van der Waals surface area contributed by atoms with Gasteiger partial charge in [0.1, 0.15) is 12.0 Å². The van der Waals surface area contributed by atoms with E-state index in [1.807, 2.05) is 6.92 Å². The summed E-state index contributed by atoms with van der Waals surface area (Å²) < 4.78 is 70.5. The lowest BCUT2D eigenvalue weighted by atomic mass is 10.1. The highest BCUT2D eigenvalue weighted by Gasteiger charge is 2.31. The van der Waals surface area contributed by atoms with Crippen molar-refractivity contribution in [1.82, 2.24) is 4.72 Å². The van der Waals surface area contributed by atoms with Gasteiger partial charge in [0, 0.05) is 6.54 Å². The molecule has 0 amide bonds. The Balaban J connectivity index is 2.01. The first-order valence-corrected chi connectivity index (χ1v) is 9.78. The van der Waals surface area contributed by atoms with Gasteiger partial charge in [0.2, 0.25) is 10.0 Å². The molecule has 1 unspecified atom stereocenters. The molecule has 9 heteroatoms. The topological polar surface area (TPSA) is 81.4 Å². The molecular weight excluding hydrogens is 381 g/mol. The summed E-state index contributed by atoms with van der Waals surface area (Å²) >= 11 is 0. The molecule has 0 heterocycles. The second-order valence-corrected chi connectivity index (χ2v) is 7.65. The van der Waals surface area contributed by atoms with Crippen LogP contribution in [0.4, 0.5) is 13.2 Å².